The van der Waals surface area contributed by atoms with Crippen LogP contribution in [0.25, 0.3) is 0 Å². The van der Waals surface area contributed by atoms with Crippen LogP contribution in [0.4, 0.5) is 0 Å². The lowest BCUT2D eigenvalue weighted by atomic mass is 9.89. The van der Waals surface area contributed by atoms with Gasteiger partial charge in [0, 0.05) is 31.3 Å². The van der Waals surface area contributed by atoms with Crippen LogP contribution in [0, 0.1) is 6.92 Å². The average molecular weight is 265 g/mol. The molecule has 2 N–H and O–H groups in total. The minimum Gasteiger partial charge on any atom is -0.374 e. The fraction of sp³-hybridized carbons (Fsp3) is 0.800. The van der Waals surface area contributed by atoms with E-state index in [1.165, 1.54) is 18.5 Å². The molecule has 4 nitrogen and oxygen atoms in total. The van der Waals surface area contributed by atoms with Crippen LogP contribution >= 0.6 is 0 Å². The normalized spacial score (nSPS) is 19.8. The number of ether oxygens (including phenoxy) is 1. The van der Waals surface area contributed by atoms with Gasteiger partial charge in [-0.2, -0.15) is 5.10 Å². The second kappa shape index (κ2) is 6.06. The molecule has 1 aromatic heterocycles. The van der Waals surface area contributed by atoms with Gasteiger partial charge in [-0.3, -0.25) is 4.68 Å². The van der Waals surface area contributed by atoms with Crippen LogP contribution in [0.3, 0.4) is 0 Å². The Bertz CT molecular complexity index is 408. The minimum atomic E-state index is -0.106. The zero-order valence-corrected chi connectivity index (χ0v) is 12.5. The van der Waals surface area contributed by atoms with Gasteiger partial charge >= 0.3 is 0 Å². The van der Waals surface area contributed by atoms with Crippen LogP contribution < -0.4 is 5.73 Å². The van der Waals surface area contributed by atoms with Crippen molar-refractivity contribution >= 4 is 0 Å². The lowest BCUT2D eigenvalue weighted by molar-refractivity contribution is -0.0528. The van der Waals surface area contributed by atoms with E-state index in [1.807, 2.05) is 6.92 Å². The quantitative estimate of drug-likeness (QED) is 0.859. The highest BCUT2D eigenvalue weighted by Crippen LogP contribution is 2.36. The van der Waals surface area contributed by atoms with Gasteiger partial charge in [0.05, 0.1) is 11.3 Å². The first-order chi connectivity index (χ1) is 9.11. The molecule has 1 heterocycles. The van der Waals surface area contributed by atoms with Gasteiger partial charge in [0.1, 0.15) is 0 Å². The smallest absolute Gasteiger partial charge is 0.0836 e. The Morgan fingerprint density at radius 3 is 2.68 bits per heavy atom. The van der Waals surface area contributed by atoms with E-state index in [1.54, 1.807) is 0 Å². The van der Waals surface area contributed by atoms with Gasteiger partial charge in [0.2, 0.25) is 0 Å². The molecule has 108 valence electrons. The first-order valence-electron chi connectivity index (χ1n) is 7.54. The summed E-state index contributed by atoms with van der Waals surface area (Å²) in [4.78, 5) is 0. The number of hydrogen-bond acceptors (Lipinski definition) is 3. The number of nitrogens with zero attached hydrogens (tertiary/aromatic N) is 2. The molecule has 0 aliphatic heterocycles. The van der Waals surface area contributed by atoms with Gasteiger partial charge in [0.15, 0.2) is 0 Å². The second-order valence-electron chi connectivity index (χ2n) is 5.61. The summed E-state index contributed by atoms with van der Waals surface area (Å²) in [5.41, 5.74) is 8.70. The van der Waals surface area contributed by atoms with Crippen molar-refractivity contribution in [3.05, 3.63) is 17.5 Å². The summed E-state index contributed by atoms with van der Waals surface area (Å²) >= 11 is 0. The molecular formula is C15H27N3O. The Balaban J connectivity index is 2.12. The van der Waals surface area contributed by atoms with E-state index in [0.717, 1.165) is 38.1 Å². The molecule has 0 amide bonds. The molecular weight excluding hydrogens is 238 g/mol. The molecule has 1 unspecified atom stereocenters. The highest BCUT2D eigenvalue weighted by Gasteiger charge is 2.40. The number of rotatable bonds is 6. The number of hydrogen-bond donors (Lipinski definition) is 1. The highest BCUT2D eigenvalue weighted by atomic mass is 16.5. The Hall–Kier alpha value is -0.870. The topological polar surface area (TPSA) is 53.1 Å². The van der Waals surface area contributed by atoms with Crippen LogP contribution in [-0.2, 0) is 17.7 Å². The third kappa shape index (κ3) is 3.00. The molecule has 1 saturated carbocycles. The lowest BCUT2D eigenvalue weighted by Crippen LogP contribution is -2.49. The molecule has 1 fully saturated rings. The van der Waals surface area contributed by atoms with Gasteiger partial charge in [-0.25, -0.2) is 0 Å². The van der Waals surface area contributed by atoms with Crippen LogP contribution in [0.2, 0.25) is 0 Å². The Labute approximate surface area is 116 Å². The summed E-state index contributed by atoms with van der Waals surface area (Å²) in [6.45, 7) is 7.87. The third-order valence-corrected chi connectivity index (χ3v) is 4.27. The summed E-state index contributed by atoms with van der Waals surface area (Å²) in [7, 11) is 0. The fourth-order valence-corrected chi connectivity index (χ4v) is 3.33. The van der Waals surface area contributed by atoms with Gasteiger partial charge in [-0.15, -0.1) is 0 Å². The molecule has 0 aromatic carbocycles. The maximum Gasteiger partial charge on any atom is 0.0836 e. The first-order valence-corrected chi connectivity index (χ1v) is 7.54. The molecule has 0 radical (unpaired) electrons. The SMILES string of the molecule is CCOC1(C(N)Cc2cc(C)nn2CC)CCCC1. The third-order valence-electron chi connectivity index (χ3n) is 4.27. The largest absolute Gasteiger partial charge is 0.374 e. The van der Waals surface area contributed by atoms with Crippen molar-refractivity contribution < 1.29 is 4.74 Å². The van der Waals surface area contributed by atoms with Crippen molar-refractivity contribution in [1.82, 2.24) is 9.78 Å². The summed E-state index contributed by atoms with van der Waals surface area (Å²) in [6, 6.07) is 2.22. The van der Waals surface area contributed by atoms with Crippen molar-refractivity contribution in [1.29, 1.82) is 0 Å². The van der Waals surface area contributed by atoms with Crippen LogP contribution in [0.15, 0.2) is 6.07 Å². The molecule has 2 rings (SSSR count). The maximum absolute atomic E-state index is 6.50. The van der Waals surface area contributed by atoms with E-state index in [4.69, 9.17) is 10.5 Å². The number of aromatic nitrogens is 2. The number of aryl methyl sites for hydroxylation is 2. The van der Waals surface area contributed by atoms with Gasteiger partial charge in [0.25, 0.3) is 0 Å². The number of nitrogens with two attached hydrogens (primary N) is 1. The fourth-order valence-electron chi connectivity index (χ4n) is 3.33. The molecule has 1 aromatic rings. The maximum atomic E-state index is 6.50. The van der Waals surface area contributed by atoms with E-state index in [9.17, 15) is 0 Å². The summed E-state index contributed by atoms with van der Waals surface area (Å²) in [5.74, 6) is 0. The zero-order chi connectivity index (χ0) is 13.9. The molecule has 0 spiro atoms. The molecule has 1 aliphatic carbocycles. The van der Waals surface area contributed by atoms with Crippen LogP contribution in [0.1, 0.15) is 50.9 Å². The molecule has 0 saturated heterocycles. The first kappa shape index (κ1) is 14.5. The van der Waals surface area contributed by atoms with Gasteiger partial charge in [-0.05, 0) is 39.7 Å². The Morgan fingerprint density at radius 2 is 2.11 bits per heavy atom. The van der Waals surface area contributed by atoms with Crippen molar-refractivity contribution in [2.75, 3.05) is 6.61 Å². The summed E-state index contributed by atoms with van der Waals surface area (Å²) < 4.78 is 8.11. The molecule has 0 bridgehead atoms. The van der Waals surface area contributed by atoms with E-state index in [2.05, 4.69) is 29.7 Å². The van der Waals surface area contributed by atoms with Gasteiger partial charge in [-0.1, -0.05) is 12.8 Å². The molecule has 1 atom stereocenters. The lowest BCUT2D eigenvalue weighted by Gasteiger charge is -2.35. The minimum absolute atomic E-state index is 0.0661. The predicted octanol–water partition coefficient (Wildman–Crippen LogP) is 2.43. The second-order valence-corrected chi connectivity index (χ2v) is 5.61. The summed E-state index contributed by atoms with van der Waals surface area (Å²) in [6.07, 6.45) is 5.52. The van der Waals surface area contributed by atoms with E-state index in [-0.39, 0.29) is 11.6 Å². The average Bonchev–Trinajstić information content (AvgIpc) is 2.97. The van der Waals surface area contributed by atoms with E-state index < -0.39 is 0 Å². The molecule has 1 aliphatic rings. The Kier molecular flexibility index (Phi) is 4.63. The van der Waals surface area contributed by atoms with Gasteiger partial charge < -0.3 is 10.5 Å². The standard InChI is InChI=1S/C15H27N3O/c1-4-18-13(10-12(3)17-18)11-14(16)15(19-5-2)8-6-7-9-15/h10,14H,4-9,11,16H2,1-3H3. The van der Waals surface area contributed by atoms with Crippen molar-refractivity contribution in [3.63, 3.8) is 0 Å². The van der Waals surface area contributed by atoms with E-state index in [0.29, 0.717) is 0 Å². The van der Waals surface area contributed by atoms with E-state index >= 15 is 0 Å². The Morgan fingerprint density at radius 1 is 1.42 bits per heavy atom. The monoisotopic (exact) mass is 265 g/mol. The van der Waals surface area contributed by atoms with Crippen molar-refractivity contribution in [2.45, 2.75) is 71.1 Å². The molecule has 19 heavy (non-hydrogen) atoms. The zero-order valence-electron chi connectivity index (χ0n) is 12.5. The molecule has 4 heteroatoms. The van der Waals surface area contributed by atoms with Crippen molar-refractivity contribution in [2.24, 2.45) is 5.73 Å². The highest BCUT2D eigenvalue weighted by molar-refractivity contribution is 5.12. The van der Waals surface area contributed by atoms with Crippen LogP contribution in [-0.4, -0.2) is 28.0 Å². The predicted molar refractivity (Wildman–Crippen MR) is 77.1 cm³/mol. The van der Waals surface area contributed by atoms with Crippen molar-refractivity contribution in [3.8, 4) is 0 Å². The van der Waals surface area contributed by atoms with Crippen LogP contribution in [0.5, 0.6) is 0 Å². The summed E-state index contributed by atoms with van der Waals surface area (Å²) in [5, 5.41) is 4.50.